The van der Waals surface area contributed by atoms with Crippen molar-refractivity contribution in [1.82, 2.24) is 15.0 Å². The quantitative estimate of drug-likeness (QED) is 0.780. The Morgan fingerprint density at radius 3 is 2.84 bits per heavy atom. The summed E-state index contributed by atoms with van der Waals surface area (Å²) in [4.78, 5) is 25.9. The Balaban J connectivity index is 2.15. The fourth-order valence-corrected chi connectivity index (χ4v) is 1.87. The monoisotopic (exact) mass is 265 g/mol. The number of rotatable bonds is 1. The van der Waals surface area contributed by atoms with Crippen molar-refractivity contribution in [2.24, 2.45) is 0 Å². The van der Waals surface area contributed by atoms with E-state index in [1.807, 2.05) is 27.7 Å². The second-order valence-corrected chi connectivity index (χ2v) is 5.53. The van der Waals surface area contributed by atoms with Gasteiger partial charge in [0, 0.05) is 12.6 Å². The van der Waals surface area contributed by atoms with Gasteiger partial charge in [0.2, 0.25) is 0 Å². The number of nitrogens with zero attached hydrogens (tertiary/aromatic N) is 3. The van der Waals surface area contributed by atoms with E-state index in [4.69, 9.17) is 9.57 Å². The molecule has 1 atom stereocenters. The van der Waals surface area contributed by atoms with Gasteiger partial charge in [-0.25, -0.2) is 4.79 Å². The molecule has 1 saturated heterocycles. The molecule has 0 spiro atoms. The first-order valence-corrected chi connectivity index (χ1v) is 6.30. The van der Waals surface area contributed by atoms with Crippen molar-refractivity contribution in [2.45, 2.75) is 45.8 Å². The fourth-order valence-electron chi connectivity index (χ4n) is 1.87. The normalized spacial score (nSPS) is 19.6. The second kappa shape index (κ2) is 5.13. The van der Waals surface area contributed by atoms with E-state index >= 15 is 0 Å². The highest BCUT2D eigenvalue weighted by Crippen LogP contribution is 2.30. The minimum Gasteiger partial charge on any atom is -0.442 e. The van der Waals surface area contributed by atoms with Crippen LogP contribution in [0.4, 0.5) is 4.79 Å². The number of amides is 1. The molecule has 1 aliphatic rings. The highest BCUT2D eigenvalue weighted by molar-refractivity contribution is 5.67. The molecule has 104 valence electrons. The van der Waals surface area contributed by atoms with Gasteiger partial charge >= 0.3 is 6.09 Å². The lowest BCUT2D eigenvalue weighted by molar-refractivity contribution is -0.125. The third kappa shape index (κ3) is 3.41. The van der Waals surface area contributed by atoms with E-state index in [0.717, 1.165) is 11.4 Å². The molecule has 1 amide bonds. The van der Waals surface area contributed by atoms with E-state index in [1.54, 1.807) is 12.4 Å². The molecule has 0 saturated carbocycles. The van der Waals surface area contributed by atoms with E-state index in [0.29, 0.717) is 13.0 Å². The molecule has 1 aromatic rings. The molecule has 0 aromatic carbocycles. The molecule has 0 unspecified atom stereocenters. The molecule has 0 radical (unpaired) electrons. The van der Waals surface area contributed by atoms with Crippen molar-refractivity contribution in [1.29, 1.82) is 0 Å². The van der Waals surface area contributed by atoms with Gasteiger partial charge in [-0.15, -0.1) is 0 Å². The van der Waals surface area contributed by atoms with Crippen molar-refractivity contribution in [3.63, 3.8) is 0 Å². The van der Waals surface area contributed by atoms with Crippen molar-refractivity contribution >= 4 is 6.09 Å². The smallest absolute Gasteiger partial charge is 0.435 e. The average molecular weight is 265 g/mol. The number of hydroxylamine groups is 2. The molecule has 1 aliphatic heterocycles. The molecular formula is C13H19N3O3. The summed E-state index contributed by atoms with van der Waals surface area (Å²) in [6.45, 7) is 7.80. The van der Waals surface area contributed by atoms with Crippen LogP contribution in [0.1, 0.15) is 44.6 Å². The maximum absolute atomic E-state index is 12.1. The third-order valence-corrected chi connectivity index (χ3v) is 2.59. The Hall–Kier alpha value is -1.69. The number of carbonyl (C=O) groups excluding carboxylic acids is 1. The molecule has 2 rings (SSSR count). The van der Waals surface area contributed by atoms with Crippen LogP contribution in [0.2, 0.25) is 0 Å². The molecule has 0 bridgehead atoms. The van der Waals surface area contributed by atoms with E-state index in [-0.39, 0.29) is 6.04 Å². The van der Waals surface area contributed by atoms with Gasteiger partial charge in [-0.2, -0.15) is 5.06 Å². The number of hydrogen-bond acceptors (Lipinski definition) is 5. The van der Waals surface area contributed by atoms with Gasteiger partial charge in [-0.1, -0.05) is 0 Å². The summed E-state index contributed by atoms with van der Waals surface area (Å²) in [7, 11) is 0. The lowest BCUT2D eigenvalue weighted by atomic mass is 10.1. The van der Waals surface area contributed by atoms with Crippen LogP contribution in [0, 0.1) is 6.92 Å². The topological polar surface area (TPSA) is 64.5 Å². The first-order chi connectivity index (χ1) is 8.87. The van der Waals surface area contributed by atoms with E-state index in [2.05, 4.69) is 9.97 Å². The first-order valence-electron chi connectivity index (χ1n) is 6.30. The van der Waals surface area contributed by atoms with Crippen LogP contribution >= 0.6 is 0 Å². The van der Waals surface area contributed by atoms with Gasteiger partial charge in [0.1, 0.15) is 11.6 Å². The van der Waals surface area contributed by atoms with Gasteiger partial charge in [0.25, 0.3) is 0 Å². The van der Waals surface area contributed by atoms with Crippen LogP contribution in [0.3, 0.4) is 0 Å². The van der Waals surface area contributed by atoms with Gasteiger partial charge < -0.3 is 4.74 Å². The summed E-state index contributed by atoms with van der Waals surface area (Å²) in [5.74, 6) is 0. The van der Waals surface area contributed by atoms with Crippen molar-refractivity contribution < 1.29 is 14.4 Å². The summed E-state index contributed by atoms with van der Waals surface area (Å²) < 4.78 is 5.32. The SMILES string of the molecule is Cc1cncc([C@@H]2CCON2C(=O)OC(C)(C)C)n1. The van der Waals surface area contributed by atoms with Gasteiger partial charge in [-0.05, 0) is 27.7 Å². The zero-order valence-electron chi connectivity index (χ0n) is 11.7. The number of ether oxygens (including phenoxy) is 1. The van der Waals surface area contributed by atoms with E-state index < -0.39 is 11.7 Å². The van der Waals surface area contributed by atoms with Crippen molar-refractivity contribution in [3.8, 4) is 0 Å². The molecule has 19 heavy (non-hydrogen) atoms. The molecule has 0 N–H and O–H groups in total. The first kappa shape index (κ1) is 13.7. The molecule has 1 fully saturated rings. The Morgan fingerprint density at radius 2 is 2.21 bits per heavy atom. The van der Waals surface area contributed by atoms with Crippen LogP contribution in [-0.4, -0.2) is 33.3 Å². The molecule has 1 aromatic heterocycles. The highest BCUT2D eigenvalue weighted by Gasteiger charge is 2.35. The third-order valence-electron chi connectivity index (χ3n) is 2.59. The number of aromatic nitrogens is 2. The number of hydrogen-bond donors (Lipinski definition) is 0. The average Bonchev–Trinajstić information content (AvgIpc) is 2.75. The molecule has 2 heterocycles. The lowest BCUT2D eigenvalue weighted by Crippen LogP contribution is -2.36. The van der Waals surface area contributed by atoms with Crippen LogP contribution in [0.15, 0.2) is 12.4 Å². The molecule has 6 nitrogen and oxygen atoms in total. The largest absolute Gasteiger partial charge is 0.442 e. The molecule has 6 heteroatoms. The van der Waals surface area contributed by atoms with Crippen LogP contribution in [0.5, 0.6) is 0 Å². The van der Waals surface area contributed by atoms with Crippen molar-refractivity contribution in [2.75, 3.05) is 6.61 Å². The van der Waals surface area contributed by atoms with E-state index in [9.17, 15) is 4.79 Å². The highest BCUT2D eigenvalue weighted by atomic mass is 16.7. The molecular weight excluding hydrogens is 246 g/mol. The Labute approximate surface area is 112 Å². The standard InChI is InChI=1S/C13H19N3O3/c1-9-7-14-8-10(15-9)11-5-6-18-16(11)12(17)19-13(2,3)4/h7-8,11H,5-6H2,1-4H3/t11-/m0/s1. The zero-order chi connectivity index (χ0) is 14.0. The number of carbonyl (C=O) groups is 1. The lowest BCUT2D eigenvalue weighted by Gasteiger charge is -2.26. The van der Waals surface area contributed by atoms with Gasteiger partial charge in [0.05, 0.1) is 24.2 Å². The maximum Gasteiger partial charge on any atom is 0.435 e. The van der Waals surface area contributed by atoms with Crippen LogP contribution in [-0.2, 0) is 9.57 Å². The Kier molecular flexibility index (Phi) is 3.71. The van der Waals surface area contributed by atoms with E-state index in [1.165, 1.54) is 5.06 Å². The summed E-state index contributed by atoms with van der Waals surface area (Å²) in [6, 6.07) is -0.234. The fraction of sp³-hybridized carbons (Fsp3) is 0.615. The van der Waals surface area contributed by atoms with Crippen molar-refractivity contribution in [3.05, 3.63) is 23.8 Å². The van der Waals surface area contributed by atoms with Gasteiger partial charge in [-0.3, -0.25) is 14.8 Å². The Morgan fingerprint density at radius 1 is 1.47 bits per heavy atom. The van der Waals surface area contributed by atoms with Crippen LogP contribution < -0.4 is 0 Å². The maximum atomic E-state index is 12.1. The summed E-state index contributed by atoms with van der Waals surface area (Å²) in [5.41, 5.74) is 0.989. The Bertz CT molecular complexity index is 470. The predicted octanol–water partition coefficient (Wildman–Crippen LogP) is 2.40. The predicted molar refractivity (Wildman–Crippen MR) is 68.2 cm³/mol. The number of aryl methyl sites for hydroxylation is 1. The minimum atomic E-state index is -0.550. The minimum absolute atomic E-state index is 0.234. The summed E-state index contributed by atoms with van der Waals surface area (Å²) in [6.07, 6.45) is 3.54. The van der Waals surface area contributed by atoms with Crippen LogP contribution in [0.25, 0.3) is 0 Å². The molecule has 0 aliphatic carbocycles. The zero-order valence-corrected chi connectivity index (χ0v) is 11.7. The van der Waals surface area contributed by atoms with Gasteiger partial charge in [0.15, 0.2) is 0 Å². The second-order valence-electron chi connectivity index (χ2n) is 5.53. The summed E-state index contributed by atoms with van der Waals surface area (Å²) in [5, 5.41) is 1.26. The summed E-state index contributed by atoms with van der Waals surface area (Å²) >= 11 is 0.